The molecule has 152 valence electrons. The number of nitrogens with one attached hydrogen (secondary N) is 1. The molecule has 2 aromatic rings. The fourth-order valence-corrected chi connectivity index (χ4v) is 4.08. The molecular weight excluding hydrogens is 390 g/mol. The average Bonchev–Trinajstić information content (AvgIpc) is 3.34. The van der Waals surface area contributed by atoms with Gasteiger partial charge in [0.2, 0.25) is 5.91 Å². The van der Waals surface area contributed by atoms with Crippen molar-refractivity contribution in [3.8, 4) is 0 Å². The Balaban J connectivity index is 1.79. The summed E-state index contributed by atoms with van der Waals surface area (Å²) < 4.78 is 33.0. The van der Waals surface area contributed by atoms with Crippen LogP contribution in [0.2, 0.25) is 0 Å². The molecule has 2 aromatic heterocycles. The maximum Gasteiger partial charge on any atom is 0.340 e. The number of nitrogens with zero attached hydrogens (tertiary/aromatic N) is 3. The lowest BCUT2D eigenvalue weighted by Crippen LogP contribution is -2.33. The summed E-state index contributed by atoms with van der Waals surface area (Å²) in [6.45, 7) is 4.82. The van der Waals surface area contributed by atoms with Crippen molar-refractivity contribution in [1.29, 1.82) is 0 Å². The van der Waals surface area contributed by atoms with Gasteiger partial charge in [-0.2, -0.15) is 5.10 Å². The molecular formula is C18H22F2N4O3S. The summed E-state index contributed by atoms with van der Waals surface area (Å²) in [7, 11) is 1.28. The highest BCUT2D eigenvalue weighted by Crippen LogP contribution is 2.33. The van der Waals surface area contributed by atoms with Gasteiger partial charge in [-0.15, -0.1) is 11.3 Å². The third-order valence-electron chi connectivity index (χ3n) is 4.38. The quantitative estimate of drug-likeness (QED) is 0.704. The third kappa shape index (κ3) is 4.01. The van der Waals surface area contributed by atoms with E-state index in [2.05, 4.69) is 10.4 Å². The number of anilines is 2. The molecule has 1 aliphatic rings. The molecule has 0 aliphatic carbocycles. The molecule has 0 unspecified atom stereocenters. The van der Waals surface area contributed by atoms with E-state index in [1.165, 1.54) is 34.2 Å². The zero-order chi connectivity index (χ0) is 20.4. The van der Waals surface area contributed by atoms with Crippen LogP contribution in [0.4, 0.5) is 19.5 Å². The molecule has 0 radical (unpaired) electrons. The van der Waals surface area contributed by atoms with E-state index in [-0.39, 0.29) is 23.2 Å². The summed E-state index contributed by atoms with van der Waals surface area (Å²) in [5.74, 6) is -0.544. The van der Waals surface area contributed by atoms with E-state index in [1.54, 1.807) is 11.4 Å². The Labute approximate surface area is 165 Å². The summed E-state index contributed by atoms with van der Waals surface area (Å²) in [5.41, 5.74) is 0.119. The monoisotopic (exact) mass is 412 g/mol. The van der Waals surface area contributed by atoms with Crippen LogP contribution in [0, 0.1) is 5.92 Å². The number of hydrogen-bond acceptors (Lipinski definition) is 6. The van der Waals surface area contributed by atoms with Gasteiger partial charge in [-0.3, -0.25) is 9.48 Å². The first-order valence-electron chi connectivity index (χ1n) is 8.91. The van der Waals surface area contributed by atoms with Gasteiger partial charge in [-0.05, 0) is 23.8 Å². The van der Waals surface area contributed by atoms with Gasteiger partial charge in [0.1, 0.15) is 11.0 Å². The molecule has 0 spiro atoms. The van der Waals surface area contributed by atoms with Crippen molar-refractivity contribution in [3.05, 3.63) is 28.9 Å². The van der Waals surface area contributed by atoms with Gasteiger partial charge in [-0.1, -0.05) is 13.8 Å². The number of alkyl halides is 2. The molecule has 0 bridgehead atoms. The molecule has 10 heteroatoms. The Morgan fingerprint density at radius 3 is 2.86 bits per heavy atom. The largest absolute Gasteiger partial charge is 0.465 e. The summed E-state index contributed by atoms with van der Waals surface area (Å²) >= 11 is 1.26. The van der Waals surface area contributed by atoms with Crippen molar-refractivity contribution in [2.45, 2.75) is 39.3 Å². The summed E-state index contributed by atoms with van der Waals surface area (Å²) in [5, 5.41) is 9.09. The lowest BCUT2D eigenvalue weighted by Gasteiger charge is -2.17. The second-order valence-corrected chi connectivity index (χ2v) is 7.85. The second kappa shape index (κ2) is 8.26. The Morgan fingerprint density at radius 1 is 1.46 bits per heavy atom. The minimum Gasteiger partial charge on any atom is -0.465 e. The molecule has 0 aromatic carbocycles. The van der Waals surface area contributed by atoms with Gasteiger partial charge in [0, 0.05) is 19.3 Å². The molecule has 1 N–H and O–H groups in total. The number of esters is 1. The van der Waals surface area contributed by atoms with Gasteiger partial charge >= 0.3 is 5.97 Å². The molecule has 1 atom stereocenters. The maximum atomic E-state index is 13.4. The number of thiophene rings is 1. The predicted molar refractivity (Wildman–Crippen MR) is 102 cm³/mol. The summed E-state index contributed by atoms with van der Waals surface area (Å²) in [6.07, 6.45) is -0.801. The molecule has 1 saturated heterocycles. The lowest BCUT2D eigenvalue weighted by molar-refractivity contribution is -0.117. The van der Waals surface area contributed by atoms with Crippen LogP contribution < -0.4 is 10.2 Å². The first-order valence-corrected chi connectivity index (χ1v) is 9.79. The van der Waals surface area contributed by atoms with Crippen LogP contribution >= 0.6 is 11.3 Å². The Kier molecular flexibility index (Phi) is 5.97. The fraction of sp³-hybridized carbons (Fsp3) is 0.500. The second-order valence-electron chi connectivity index (χ2n) is 6.95. The van der Waals surface area contributed by atoms with Crippen LogP contribution in [0.15, 0.2) is 17.6 Å². The topological polar surface area (TPSA) is 76.5 Å². The van der Waals surface area contributed by atoms with E-state index < -0.39 is 18.4 Å². The highest BCUT2D eigenvalue weighted by molar-refractivity contribution is 7.14. The molecule has 1 fully saturated rings. The lowest BCUT2D eigenvalue weighted by atomic mass is 10.2. The molecule has 3 heterocycles. The van der Waals surface area contributed by atoms with E-state index >= 15 is 0 Å². The Hall–Kier alpha value is -2.49. The third-order valence-corrected chi connectivity index (χ3v) is 5.32. The van der Waals surface area contributed by atoms with E-state index in [4.69, 9.17) is 4.74 Å². The predicted octanol–water partition coefficient (Wildman–Crippen LogP) is 3.54. The van der Waals surface area contributed by atoms with Crippen molar-refractivity contribution in [2.24, 2.45) is 5.92 Å². The molecule has 7 nitrogen and oxygen atoms in total. The van der Waals surface area contributed by atoms with Crippen LogP contribution in [0.5, 0.6) is 0 Å². The van der Waals surface area contributed by atoms with Gasteiger partial charge in [0.15, 0.2) is 5.69 Å². The Bertz CT molecular complexity index is 865. The SMILES string of the molecule is COC(=O)c1ccsc1N1CC[C@H](Nc2cn(CC(C)C)nc2C(F)F)C1=O. The van der Waals surface area contributed by atoms with Crippen LogP contribution in [0.25, 0.3) is 0 Å². The zero-order valence-corrected chi connectivity index (χ0v) is 16.6. The molecule has 1 aliphatic heterocycles. The number of ether oxygens (including phenoxy) is 1. The number of aromatic nitrogens is 2. The van der Waals surface area contributed by atoms with Crippen LogP contribution in [0.1, 0.15) is 42.7 Å². The number of hydrogen-bond donors (Lipinski definition) is 1. The van der Waals surface area contributed by atoms with Crippen molar-refractivity contribution < 1.29 is 23.1 Å². The van der Waals surface area contributed by atoms with Crippen molar-refractivity contribution in [3.63, 3.8) is 0 Å². The molecule has 1 amide bonds. The van der Waals surface area contributed by atoms with Crippen LogP contribution in [-0.4, -0.2) is 41.4 Å². The summed E-state index contributed by atoms with van der Waals surface area (Å²) in [6, 6.07) is 0.937. The number of carbonyl (C=O) groups excluding carboxylic acids is 2. The van der Waals surface area contributed by atoms with Crippen LogP contribution in [-0.2, 0) is 16.1 Å². The first-order chi connectivity index (χ1) is 13.3. The normalized spacial score (nSPS) is 17.0. The van der Waals surface area contributed by atoms with Crippen molar-refractivity contribution >= 4 is 33.9 Å². The van der Waals surface area contributed by atoms with Crippen LogP contribution in [0.3, 0.4) is 0 Å². The molecule has 3 rings (SSSR count). The first kappa shape index (κ1) is 20.2. The number of halogens is 2. The van der Waals surface area contributed by atoms with E-state index in [9.17, 15) is 18.4 Å². The smallest absolute Gasteiger partial charge is 0.340 e. The fourth-order valence-electron chi connectivity index (χ4n) is 3.16. The van der Waals surface area contributed by atoms with Crippen molar-refractivity contribution in [2.75, 3.05) is 23.9 Å². The van der Waals surface area contributed by atoms with Gasteiger partial charge < -0.3 is 15.0 Å². The highest BCUT2D eigenvalue weighted by Gasteiger charge is 2.36. The average molecular weight is 412 g/mol. The zero-order valence-electron chi connectivity index (χ0n) is 15.8. The highest BCUT2D eigenvalue weighted by atomic mass is 32.1. The number of amides is 1. The maximum absolute atomic E-state index is 13.4. The molecule has 0 saturated carbocycles. The van der Waals surface area contributed by atoms with Gasteiger partial charge in [0.05, 0.1) is 18.4 Å². The van der Waals surface area contributed by atoms with Crippen molar-refractivity contribution in [1.82, 2.24) is 9.78 Å². The van der Waals surface area contributed by atoms with Gasteiger partial charge in [0.25, 0.3) is 6.43 Å². The number of rotatable bonds is 7. The Morgan fingerprint density at radius 2 is 2.21 bits per heavy atom. The van der Waals surface area contributed by atoms with E-state index in [0.717, 1.165) is 0 Å². The summed E-state index contributed by atoms with van der Waals surface area (Å²) in [4.78, 5) is 26.2. The minimum atomic E-state index is -2.74. The number of methoxy groups -OCH3 is 1. The van der Waals surface area contributed by atoms with E-state index in [1.807, 2.05) is 13.8 Å². The number of carbonyl (C=O) groups is 2. The standard InChI is InChI=1S/C18H22F2N4O3S/c1-10(2)8-23-9-13(14(22-23)15(19)20)21-12-4-6-24(16(12)25)17-11(5-7-28-17)18(26)27-3/h5,7,9-10,12,15,21H,4,6,8H2,1-3H3/t12-/m0/s1. The van der Waals surface area contributed by atoms with E-state index in [0.29, 0.717) is 30.1 Å². The van der Waals surface area contributed by atoms with Gasteiger partial charge in [-0.25, -0.2) is 13.6 Å². The molecule has 28 heavy (non-hydrogen) atoms. The minimum absolute atomic E-state index is 0.162.